The number of allylic oxidation sites excluding steroid dienone is 1. The van der Waals surface area contributed by atoms with Gasteiger partial charge in [0.1, 0.15) is 0 Å². The van der Waals surface area contributed by atoms with Gasteiger partial charge in [0.15, 0.2) is 11.6 Å². The van der Waals surface area contributed by atoms with E-state index in [0.29, 0.717) is 17.5 Å². The largest absolute Gasteiger partial charge is 0.419 e. The molecule has 3 aromatic carbocycles. The summed E-state index contributed by atoms with van der Waals surface area (Å²) in [6, 6.07) is 13.2. The van der Waals surface area contributed by atoms with Crippen LogP contribution in [0.15, 0.2) is 61.2 Å². The summed E-state index contributed by atoms with van der Waals surface area (Å²) in [7, 11) is 0. The van der Waals surface area contributed by atoms with Crippen molar-refractivity contribution in [1.82, 2.24) is 0 Å². The summed E-state index contributed by atoms with van der Waals surface area (Å²) in [5.74, 6) is 3.00. The van der Waals surface area contributed by atoms with Crippen molar-refractivity contribution in [3.8, 4) is 11.8 Å². The maximum atomic E-state index is 14.2. The first-order valence-electron chi connectivity index (χ1n) is 11.0. The van der Waals surface area contributed by atoms with Crippen molar-refractivity contribution < 1.29 is 22.0 Å². The van der Waals surface area contributed by atoms with E-state index in [9.17, 15) is 22.0 Å². The molecule has 0 saturated heterocycles. The molecule has 0 atom stereocenters. The Bertz CT molecular complexity index is 1230. The molecule has 0 spiro atoms. The molecule has 1 saturated carbocycles. The molecule has 0 unspecified atom stereocenters. The topological polar surface area (TPSA) is 0 Å². The van der Waals surface area contributed by atoms with Gasteiger partial charge in [-0.1, -0.05) is 48.2 Å². The predicted octanol–water partition coefficient (Wildman–Crippen LogP) is 8.39. The zero-order chi connectivity index (χ0) is 23.6. The van der Waals surface area contributed by atoms with E-state index in [2.05, 4.69) is 30.6 Å². The normalized spacial score (nSPS) is 18.6. The van der Waals surface area contributed by atoms with Crippen molar-refractivity contribution in [2.45, 2.75) is 44.2 Å². The molecule has 1 fully saturated rings. The highest BCUT2D eigenvalue weighted by molar-refractivity contribution is 5.89. The molecule has 0 amide bonds. The fraction of sp³-hybridized carbons (Fsp3) is 0.286. The molecule has 5 heteroatoms. The smallest absolute Gasteiger partial charge is 0.203 e. The minimum absolute atomic E-state index is 0.412. The van der Waals surface area contributed by atoms with Crippen LogP contribution in [0.2, 0.25) is 0 Å². The average molecular weight is 454 g/mol. The number of fused-ring (bicyclic) bond motifs is 1. The molecule has 0 heterocycles. The van der Waals surface area contributed by atoms with Gasteiger partial charge in [0.25, 0.3) is 0 Å². The summed E-state index contributed by atoms with van der Waals surface area (Å²) >= 11 is 0. The molecule has 33 heavy (non-hydrogen) atoms. The Morgan fingerprint density at radius 1 is 0.879 bits per heavy atom. The molecule has 0 nitrogen and oxygen atoms in total. The maximum absolute atomic E-state index is 14.2. The molecule has 1 aliphatic carbocycles. The van der Waals surface area contributed by atoms with Crippen LogP contribution in [0.25, 0.3) is 10.8 Å². The molecule has 0 radical (unpaired) electrons. The van der Waals surface area contributed by atoms with E-state index < -0.39 is 28.9 Å². The molecular weight excluding hydrogens is 431 g/mol. The number of benzene rings is 3. The zero-order valence-electron chi connectivity index (χ0n) is 18.0. The molecule has 1 aliphatic rings. The van der Waals surface area contributed by atoms with E-state index in [-0.39, 0.29) is 0 Å². The second-order valence-corrected chi connectivity index (χ2v) is 8.56. The van der Waals surface area contributed by atoms with Crippen molar-refractivity contribution in [3.63, 3.8) is 0 Å². The first kappa shape index (κ1) is 23.0. The lowest BCUT2D eigenvalue weighted by Gasteiger charge is -2.28. The van der Waals surface area contributed by atoms with E-state index in [1.165, 1.54) is 18.4 Å². The van der Waals surface area contributed by atoms with Gasteiger partial charge in [-0.3, -0.25) is 0 Å². The highest BCUT2D eigenvalue weighted by atomic mass is 19.4. The highest BCUT2D eigenvalue weighted by Gasteiger charge is 2.35. The summed E-state index contributed by atoms with van der Waals surface area (Å²) in [6.07, 6.45) is 2.76. The molecule has 0 bridgehead atoms. The number of hydrogen-bond acceptors (Lipinski definition) is 0. The highest BCUT2D eigenvalue weighted by Crippen LogP contribution is 2.38. The third-order valence-electron chi connectivity index (χ3n) is 6.44. The Kier molecular flexibility index (Phi) is 6.56. The van der Waals surface area contributed by atoms with Gasteiger partial charge in [0.05, 0.1) is 11.1 Å². The van der Waals surface area contributed by atoms with Gasteiger partial charge in [-0.05, 0) is 78.5 Å². The van der Waals surface area contributed by atoms with Gasteiger partial charge in [-0.15, -0.1) is 6.58 Å². The SMILES string of the molecule is C=CCC1CCC(c2ccc3c(C#Cc4ccc(C(F)(F)F)c(F)c4F)cccc3c2)CC1. The predicted molar refractivity (Wildman–Crippen MR) is 121 cm³/mol. The minimum atomic E-state index is -4.96. The zero-order valence-corrected chi connectivity index (χ0v) is 18.0. The molecule has 0 aliphatic heterocycles. The number of halogens is 5. The molecule has 170 valence electrons. The average Bonchev–Trinajstić information content (AvgIpc) is 2.79. The molecular formula is C28H23F5. The van der Waals surface area contributed by atoms with Gasteiger partial charge in [-0.25, -0.2) is 8.78 Å². The lowest BCUT2D eigenvalue weighted by Crippen LogP contribution is -2.12. The Hall–Kier alpha value is -3.13. The number of rotatable bonds is 3. The van der Waals surface area contributed by atoms with Crippen molar-refractivity contribution in [2.24, 2.45) is 5.92 Å². The van der Waals surface area contributed by atoms with Gasteiger partial charge in [0, 0.05) is 5.56 Å². The Morgan fingerprint density at radius 2 is 1.61 bits per heavy atom. The van der Waals surface area contributed by atoms with Crippen LogP contribution < -0.4 is 0 Å². The van der Waals surface area contributed by atoms with Crippen LogP contribution >= 0.6 is 0 Å². The summed E-state index contributed by atoms with van der Waals surface area (Å²) in [5, 5.41) is 1.86. The van der Waals surface area contributed by atoms with Gasteiger partial charge in [0.2, 0.25) is 0 Å². The van der Waals surface area contributed by atoms with Crippen LogP contribution in [0.1, 0.15) is 60.3 Å². The fourth-order valence-electron chi connectivity index (χ4n) is 4.63. The quantitative estimate of drug-likeness (QED) is 0.212. The Balaban J connectivity index is 1.60. The molecule has 0 aromatic heterocycles. The monoisotopic (exact) mass is 454 g/mol. The van der Waals surface area contributed by atoms with Crippen LogP contribution in [0, 0.1) is 29.4 Å². The second kappa shape index (κ2) is 9.39. The fourth-order valence-corrected chi connectivity index (χ4v) is 4.63. The van der Waals surface area contributed by atoms with Crippen molar-refractivity contribution in [1.29, 1.82) is 0 Å². The molecule has 0 N–H and O–H groups in total. The molecule has 3 aromatic rings. The standard InChI is InChI=1S/C28H23F5/c1-2-4-18-7-9-19(10-8-18)22-13-15-24-20(5-3-6-23(24)17-22)11-12-21-14-16-25(28(31,32)33)27(30)26(21)29/h2-3,5-6,13-19H,1,4,7-10H2. The summed E-state index contributed by atoms with van der Waals surface area (Å²) in [6.45, 7) is 3.84. The summed E-state index contributed by atoms with van der Waals surface area (Å²) < 4.78 is 66.3. The van der Waals surface area contributed by atoms with E-state index in [1.807, 2.05) is 24.3 Å². The summed E-state index contributed by atoms with van der Waals surface area (Å²) in [5.41, 5.74) is -0.166. The second-order valence-electron chi connectivity index (χ2n) is 8.56. The van der Waals surface area contributed by atoms with Gasteiger partial charge >= 0.3 is 6.18 Å². The van der Waals surface area contributed by atoms with E-state index >= 15 is 0 Å². The first-order chi connectivity index (χ1) is 15.8. The number of hydrogen-bond donors (Lipinski definition) is 0. The van der Waals surface area contributed by atoms with E-state index in [4.69, 9.17) is 0 Å². The van der Waals surface area contributed by atoms with Crippen LogP contribution in [-0.4, -0.2) is 0 Å². The first-order valence-corrected chi connectivity index (χ1v) is 11.0. The maximum Gasteiger partial charge on any atom is 0.419 e. The minimum Gasteiger partial charge on any atom is -0.203 e. The van der Waals surface area contributed by atoms with E-state index in [1.54, 1.807) is 6.07 Å². The Labute approximate surface area is 190 Å². The van der Waals surface area contributed by atoms with Crippen LogP contribution in [-0.2, 0) is 6.18 Å². The van der Waals surface area contributed by atoms with Crippen molar-refractivity contribution in [3.05, 3.63) is 95.1 Å². The van der Waals surface area contributed by atoms with Gasteiger partial charge in [-0.2, -0.15) is 13.2 Å². The lowest BCUT2D eigenvalue weighted by molar-refractivity contribution is -0.140. The molecule has 4 rings (SSSR count). The third-order valence-corrected chi connectivity index (χ3v) is 6.44. The third kappa shape index (κ3) is 4.95. The lowest BCUT2D eigenvalue weighted by atomic mass is 9.77. The van der Waals surface area contributed by atoms with Crippen LogP contribution in [0.3, 0.4) is 0 Å². The van der Waals surface area contributed by atoms with Crippen LogP contribution in [0.4, 0.5) is 22.0 Å². The summed E-state index contributed by atoms with van der Waals surface area (Å²) in [4.78, 5) is 0. The van der Waals surface area contributed by atoms with Gasteiger partial charge < -0.3 is 0 Å². The van der Waals surface area contributed by atoms with Crippen molar-refractivity contribution in [2.75, 3.05) is 0 Å². The van der Waals surface area contributed by atoms with Crippen LogP contribution in [0.5, 0.6) is 0 Å². The number of alkyl halides is 3. The Morgan fingerprint density at radius 3 is 2.30 bits per heavy atom. The van der Waals surface area contributed by atoms with E-state index in [0.717, 1.165) is 42.0 Å². The van der Waals surface area contributed by atoms with Crippen molar-refractivity contribution >= 4 is 10.8 Å².